The van der Waals surface area contributed by atoms with E-state index in [0.29, 0.717) is 25.5 Å². The molecular formula is C30H31N3O3. The molecule has 0 fully saturated rings. The Balaban J connectivity index is 1.66. The van der Waals surface area contributed by atoms with Crippen molar-refractivity contribution in [2.45, 2.75) is 26.1 Å². The predicted octanol–water partition coefficient (Wildman–Crippen LogP) is 4.99. The number of hydrogen-bond donors (Lipinski definition) is 1. The summed E-state index contributed by atoms with van der Waals surface area (Å²) in [6.07, 6.45) is 4.59. The van der Waals surface area contributed by atoms with E-state index in [-0.39, 0.29) is 13.2 Å². The third-order valence-corrected chi connectivity index (χ3v) is 5.69. The van der Waals surface area contributed by atoms with Crippen molar-refractivity contribution in [2.75, 3.05) is 19.8 Å². The van der Waals surface area contributed by atoms with Gasteiger partial charge in [-0.2, -0.15) is 5.10 Å². The lowest BCUT2D eigenvalue weighted by molar-refractivity contribution is 0.0242. The maximum Gasteiger partial charge on any atom is 0.227 e. The summed E-state index contributed by atoms with van der Waals surface area (Å²) in [6.45, 7) is 3.91. The van der Waals surface area contributed by atoms with E-state index >= 15 is 0 Å². The number of hydrogen-bond acceptors (Lipinski definition) is 5. The molecule has 1 aromatic heterocycles. The highest BCUT2D eigenvalue weighted by molar-refractivity contribution is 5.43. The molecule has 184 valence electrons. The lowest BCUT2D eigenvalue weighted by Crippen LogP contribution is -2.34. The van der Waals surface area contributed by atoms with Crippen molar-refractivity contribution >= 4 is 0 Å². The molecule has 36 heavy (non-hydrogen) atoms. The molecule has 0 spiro atoms. The Morgan fingerprint density at radius 1 is 0.944 bits per heavy atom. The Kier molecular flexibility index (Phi) is 8.90. The predicted molar refractivity (Wildman–Crippen MR) is 141 cm³/mol. The first-order valence-corrected chi connectivity index (χ1v) is 12.0. The van der Waals surface area contributed by atoms with Crippen molar-refractivity contribution in [3.63, 3.8) is 0 Å². The van der Waals surface area contributed by atoms with Crippen LogP contribution in [0, 0.1) is 19.3 Å². The molecule has 1 N–H and O–H groups in total. The van der Waals surface area contributed by atoms with Gasteiger partial charge in [0.1, 0.15) is 12.4 Å². The first-order valence-electron chi connectivity index (χ1n) is 12.0. The highest BCUT2D eigenvalue weighted by atomic mass is 16.5. The van der Waals surface area contributed by atoms with Crippen LogP contribution in [0.25, 0.3) is 5.69 Å². The molecule has 0 aliphatic heterocycles. The fourth-order valence-electron chi connectivity index (χ4n) is 4.02. The van der Waals surface area contributed by atoms with Gasteiger partial charge in [0.25, 0.3) is 0 Å². The summed E-state index contributed by atoms with van der Waals surface area (Å²) in [6, 6.07) is 29.8. The molecule has 1 heterocycles. The Morgan fingerprint density at radius 3 is 2.25 bits per heavy atom. The molecule has 0 aliphatic rings. The van der Waals surface area contributed by atoms with Gasteiger partial charge in [-0.25, -0.2) is 4.68 Å². The number of ether oxygens (including phenoxy) is 2. The lowest BCUT2D eigenvalue weighted by Gasteiger charge is -2.25. The summed E-state index contributed by atoms with van der Waals surface area (Å²) >= 11 is 0. The summed E-state index contributed by atoms with van der Waals surface area (Å²) in [5.74, 6) is 3.82. The second-order valence-corrected chi connectivity index (χ2v) is 8.56. The molecule has 0 aliphatic carbocycles. The van der Waals surface area contributed by atoms with E-state index in [4.69, 9.17) is 21.0 Å². The number of terminal acetylenes is 1. The van der Waals surface area contributed by atoms with Crippen molar-refractivity contribution < 1.29 is 14.6 Å². The van der Waals surface area contributed by atoms with Crippen LogP contribution in [0.5, 0.6) is 11.6 Å². The van der Waals surface area contributed by atoms with Crippen LogP contribution in [0.3, 0.4) is 0 Å². The zero-order valence-electron chi connectivity index (χ0n) is 20.5. The maximum absolute atomic E-state index is 10.7. The van der Waals surface area contributed by atoms with Crippen molar-refractivity contribution in [3.05, 3.63) is 108 Å². The van der Waals surface area contributed by atoms with E-state index in [9.17, 15) is 5.11 Å². The summed E-state index contributed by atoms with van der Waals surface area (Å²) < 4.78 is 13.6. The van der Waals surface area contributed by atoms with Crippen LogP contribution in [0.1, 0.15) is 16.8 Å². The standard InChI is InChI=1S/C30H31N3O3/c1-3-19-35-23-27(34)21-32(20-25-13-7-4-8-14-25)22-29-24(2)31-33(26-15-9-5-10-16-26)30(29)36-28-17-11-6-12-18-28/h1,4-18,27,34H,19-23H2,2H3/t27-/m0/s1. The highest BCUT2D eigenvalue weighted by Crippen LogP contribution is 2.32. The number of aliphatic hydroxyl groups is 1. The number of aromatic nitrogens is 2. The second-order valence-electron chi connectivity index (χ2n) is 8.56. The zero-order chi connectivity index (χ0) is 25.2. The minimum atomic E-state index is -0.690. The number of para-hydroxylation sites is 2. The van der Waals surface area contributed by atoms with E-state index in [1.807, 2.05) is 90.5 Å². The number of rotatable bonds is 12. The van der Waals surface area contributed by atoms with Crippen LogP contribution in [-0.4, -0.2) is 45.6 Å². The molecule has 0 unspecified atom stereocenters. The van der Waals surface area contributed by atoms with Gasteiger partial charge in [0.15, 0.2) is 0 Å². The fraction of sp³-hybridized carbons (Fsp3) is 0.233. The monoisotopic (exact) mass is 481 g/mol. The Hall–Kier alpha value is -3.89. The number of benzene rings is 3. The molecule has 3 aromatic carbocycles. The van der Waals surface area contributed by atoms with Crippen molar-refractivity contribution in [1.82, 2.24) is 14.7 Å². The fourth-order valence-corrected chi connectivity index (χ4v) is 4.02. The topological polar surface area (TPSA) is 59.8 Å². The van der Waals surface area contributed by atoms with Crippen LogP contribution < -0.4 is 4.74 Å². The molecular weight excluding hydrogens is 450 g/mol. The maximum atomic E-state index is 10.7. The van der Waals surface area contributed by atoms with Crippen LogP contribution >= 0.6 is 0 Å². The van der Waals surface area contributed by atoms with Gasteiger partial charge in [-0.05, 0) is 36.8 Å². The number of aryl methyl sites for hydroxylation is 1. The van der Waals surface area contributed by atoms with Gasteiger partial charge < -0.3 is 14.6 Å². The normalized spacial score (nSPS) is 11.8. The Bertz CT molecular complexity index is 1250. The zero-order valence-corrected chi connectivity index (χ0v) is 20.5. The minimum absolute atomic E-state index is 0.172. The second kappa shape index (κ2) is 12.7. The van der Waals surface area contributed by atoms with Gasteiger partial charge in [0.05, 0.1) is 29.7 Å². The van der Waals surface area contributed by atoms with Crippen LogP contribution in [0.2, 0.25) is 0 Å². The van der Waals surface area contributed by atoms with Crippen molar-refractivity contribution in [1.29, 1.82) is 0 Å². The molecule has 4 rings (SSSR count). The van der Waals surface area contributed by atoms with Crippen LogP contribution in [-0.2, 0) is 17.8 Å². The molecule has 0 amide bonds. The molecule has 0 bridgehead atoms. The first-order chi connectivity index (χ1) is 17.6. The molecule has 6 nitrogen and oxygen atoms in total. The van der Waals surface area contributed by atoms with Gasteiger partial charge in [0.2, 0.25) is 5.88 Å². The first kappa shape index (κ1) is 25.2. The molecule has 1 atom stereocenters. The van der Waals surface area contributed by atoms with Crippen molar-refractivity contribution in [3.8, 4) is 29.7 Å². The van der Waals surface area contributed by atoms with E-state index < -0.39 is 6.10 Å². The largest absolute Gasteiger partial charge is 0.439 e. The van der Waals surface area contributed by atoms with Gasteiger partial charge in [-0.1, -0.05) is 72.7 Å². The average Bonchev–Trinajstić information content (AvgIpc) is 3.20. The third-order valence-electron chi connectivity index (χ3n) is 5.69. The molecule has 4 aromatic rings. The number of aliphatic hydroxyl groups excluding tert-OH is 1. The summed E-state index contributed by atoms with van der Waals surface area (Å²) in [5, 5.41) is 15.5. The third kappa shape index (κ3) is 6.83. The van der Waals surface area contributed by atoms with Gasteiger partial charge in [-0.3, -0.25) is 4.90 Å². The van der Waals surface area contributed by atoms with Crippen LogP contribution in [0.15, 0.2) is 91.0 Å². The summed E-state index contributed by atoms with van der Waals surface area (Å²) in [5.41, 5.74) is 3.87. The summed E-state index contributed by atoms with van der Waals surface area (Å²) in [7, 11) is 0. The Morgan fingerprint density at radius 2 is 1.58 bits per heavy atom. The lowest BCUT2D eigenvalue weighted by atomic mass is 10.1. The molecule has 0 radical (unpaired) electrons. The summed E-state index contributed by atoms with van der Waals surface area (Å²) in [4.78, 5) is 2.18. The molecule has 0 saturated carbocycles. The van der Waals surface area contributed by atoms with E-state index in [2.05, 4.69) is 23.0 Å². The quantitative estimate of drug-likeness (QED) is 0.228. The van der Waals surface area contributed by atoms with E-state index in [1.165, 1.54) is 0 Å². The van der Waals surface area contributed by atoms with Crippen LogP contribution in [0.4, 0.5) is 0 Å². The van der Waals surface area contributed by atoms with Crippen molar-refractivity contribution in [2.24, 2.45) is 0 Å². The Labute approximate surface area is 212 Å². The average molecular weight is 482 g/mol. The van der Waals surface area contributed by atoms with Gasteiger partial charge >= 0.3 is 0 Å². The number of nitrogens with zero attached hydrogens (tertiary/aromatic N) is 3. The minimum Gasteiger partial charge on any atom is -0.439 e. The molecule has 0 saturated heterocycles. The molecule has 6 heteroatoms. The van der Waals surface area contributed by atoms with E-state index in [1.54, 1.807) is 0 Å². The van der Waals surface area contributed by atoms with Gasteiger partial charge in [0, 0.05) is 19.6 Å². The smallest absolute Gasteiger partial charge is 0.227 e. The highest BCUT2D eigenvalue weighted by Gasteiger charge is 2.23. The van der Waals surface area contributed by atoms with Gasteiger partial charge in [-0.15, -0.1) is 6.42 Å². The SMILES string of the molecule is C#CCOC[C@@H](O)CN(Cc1ccccc1)Cc1c(C)nn(-c2ccccc2)c1Oc1ccccc1. The van der Waals surface area contributed by atoms with E-state index in [0.717, 1.165) is 28.3 Å².